The van der Waals surface area contributed by atoms with Crippen molar-refractivity contribution >= 4 is 37.1 Å². The largest absolute Gasteiger partial charge is 0.398 e. The SMILES string of the molecule is CO/N=C1\C(=O)N([Si](C)(C)C)c2ccc(Cl)cc21. The van der Waals surface area contributed by atoms with Crippen molar-refractivity contribution in [1.29, 1.82) is 0 Å². The number of benzene rings is 1. The van der Waals surface area contributed by atoms with E-state index >= 15 is 0 Å². The van der Waals surface area contributed by atoms with Crippen LogP contribution >= 0.6 is 11.6 Å². The smallest absolute Gasteiger partial charge is 0.273 e. The number of hydrogen-bond acceptors (Lipinski definition) is 3. The van der Waals surface area contributed by atoms with Crippen LogP contribution in [0.1, 0.15) is 5.56 Å². The number of rotatable bonds is 2. The molecule has 1 aliphatic heterocycles. The Morgan fingerprint density at radius 2 is 2.00 bits per heavy atom. The molecular weight excluding hydrogens is 268 g/mol. The Balaban J connectivity index is 2.65. The topological polar surface area (TPSA) is 41.9 Å². The van der Waals surface area contributed by atoms with Gasteiger partial charge < -0.3 is 9.40 Å². The van der Waals surface area contributed by atoms with Crippen LogP contribution in [0.15, 0.2) is 23.4 Å². The lowest BCUT2D eigenvalue weighted by Crippen LogP contribution is -2.49. The molecule has 0 aliphatic carbocycles. The van der Waals surface area contributed by atoms with E-state index in [1.807, 2.05) is 10.6 Å². The first-order chi connectivity index (χ1) is 8.36. The molecule has 18 heavy (non-hydrogen) atoms. The Bertz CT molecular complexity index is 537. The molecular formula is C12H15ClN2O2Si. The summed E-state index contributed by atoms with van der Waals surface area (Å²) in [5, 5.41) is 4.43. The second kappa shape index (κ2) is 4.40. The van der Waals surface area contributed by atoms with Crippen LogP contribution in [0, 0.1) is 0 Å². The van der Waals surface area contributed by atoms with Crippen molar-refractivity contribution in [2.45, 2.75) is 19.6 Å². The quantitative estimate of drug-likeness (QED) is 0.618. The van der Waals surface area contributed by atoms with Gasteiger partial charge in [-0.3, -0.25) is 4.79 Å². The Labute approximate surface area is 112 Å². The third kappa shape index (κ3) is 2.04. The number of carbonyl (C=O) groups excluding carboxylic acids is 1. The number of halogens is 1. The number of nitrogens with zero attached hydrogens (tertiary/aromatic N) is 2. The molecule has 1 amide bonds. The van der Waals surface area contributed by atoms with Crippen molar-refractivity contribution in [3.63, 3.8) is 0 Å². The normalized spacial score (nSPS) is 17.3. The van der Waals surface area contributed by atoms with Gasteiger partial charge in [0.2, 0.25) is 0 Å². The van der Waals surface area contributed by atoms with Crippen molar-refractivity contribution in [3.8, 4) is 0 Å². The van der Waals surface area contributed by atoms with Crippen molar-refractivity contribution in [1.82, 2.24) is 0 Å². The van der Waals surface area contributed by atoms with Gasteiger partial charge in [0.1, 0.15) is 7.11 Å². The minimum absolute atomic E-state index is 0.103. The molecule has 0 N–H and O–H groups in total. The molecule has 1 aromatic rings. The standard InChI is InChI=1S/C12H15ClN2O2Si/c1-17-14-11-9-7-8(13)5-6-10(9)15(12(11)16)18(2,3)4/h5-7H,1-4H3/b14-11-. The van der Waals surface area contributed by atoms with Gasteiger partial charge in [-0.2, -0.15) is 0 Å². The van der Waals surface area contributed by atoms with Crippen LogP contribution in [-0.2, 0) is 9.63 Å². The summed E-state index contributed by atoms with van der Waals surface area (Å²) in [6, 6.07) is 5.41. The Morgan fingerprint density at radius 3 is 2.56 bits per heavy atom. The maximum atomic E-state index is 12.4. The van der Waals surface area contributed by atoms with Crippen LogP contribution in [0.3, 0.4) is 0 Å². The first kappa shape index (κ1) is 13.1. The highest BCUT2D eigenvalue weighted by molar-refractivity contribution is 6.87. The highest BCUT2D eigenvalue weighted by atomic mass is 35.5. The summed E-state index contributed by atoms with van der Waals surface area (Å²) < 4.78 is 1.84. The van der Waals surface area contributed by atoms with Gasteiger partial charge in [0, 0.05) is 16.3 Å². The summed E-state index contributed by atoms with van der Waals surface area (Å²) in [7, 11) is -0.390. The van der Waals surface area contributed by atoms with Gasteiger partial charge in [0.15, 0.2) is 13.9 Å². The number of amides is 1. The van der Waals surface area contributed by atoms with Crippen LogP contribution < -0.4 is 4.57 Å². The average Bonchev–Trinajstić information content (AvgIpc) is 2.52. The van der Waals surface area contributed by atoms with Gasteiger partial charge in [-0.15, -0.1) is 0 Å². The zero-order chi connectivity index (χ0) is 13.5. The zero-order valence-electron chi connectivity index (χ0n) is 10.8. The van der Waals surface area contributed by atoms with E-state index in [4.69, 9.17) is 16.4 Å². The maximum absolute atomic E-state index is 12.4. The predicted octanol–water partition coefficient (Wildman–Crippen LogP) is 2.87. The summed E-state index contributed by atoms with van der Waals surface area (Å²) in [6.45, 7) is 6.33. The summed E-state index contributed by atoms with van der Waals surface area (Å²) in [5.74, 6) is -0.103. The molecule has 4 nitrogen and oxygen atoms in total. The lowest BCUT2D eigenvalue weighted by atomic mass is 10.1. The summed E-state index contributed by atoms with van der Waals surface area (Å²) in [4.78, 5) is 17.2. The fourth-order valence-corrected chi connectivity index (χ4v) is 3.87. The molecule has 6 heteroatoms. The highest BCUT2D eigenvalue weighted by Crippen LogP contribution is 2.35. The highest BCUT2D eigenvalue weighted by Gasteiger charge is 2.41. The van der Waals surface area contributed by atoms with Gasteiger partial charge >= 0.3 is 0 Å². The van der Waals surface area contributed by atoms with E-state index in [0.717, 1.165) is 11.3 Å². The third-order valence-corrected chi connectivity index (χ3v) is 4.73. The Hall–Kier alpha value is -1.33. The van der Waals surface area contributed by atoms with E-state index in [-0.39, 0.29) is 5.91 Å². The zero-order valence-corrected chi connectivity index (χ0v) is 12.6. The molecule has 0 bridgehead atoms. The summed E-state index contributed by atoms with van der Waals surface area (Å²) in [6.07, 6.45) is 0. The van der Waals surface area contributed by atoms with E-state index in [2.05, 4.69) is 24.8 Å². The molecule has 0 spiro atoms. The minimum Gasteiger partial charge on any atom is -0.398 e. The summed E-state index contributed by atoms with van der Waals surface area (Å²) >= 11 is 5.98. The molecule has 0 fully saturated rings. The van der Waals surface area contributed by atoms with Crippen molar-refractivity contribution in [3.05, 3.63) is 28.8 Å². The van der Waals surface area contributed by atoms with Gasteiger partial charge in [-0.25, -0.2) is 0 Å². The lowest BCUT2D eigenvalue weighted by molar-refractivity contribution is -0.111. The number of hydrogen-bond donors (Lipinski definition) is 0. The van der Waals surface area contributed by atoms with E-state index in [9.17, 15) is 4.79 Å². The summed E-state index contributed by atoms with van der Waals surface area (Å²) in [5.41, 5.74) is 1.95. The molecule has 0 unspecified atom stereocenters. The van der Waals surface area contributed by atoms with E-state index in [0.29, 0.717) is 10.7 Å². The van der Waals surface area contributed by atoms with Crippen LogP contribution in [0.2, 0.25) is 24.7 Å². The van der Waals surface area contributed by atoms with Gasteiger partial charge in [-0.05, 0) is 18.2 Å². The maximum Gasteiger partial charge on any atom is 0.273 e. The number of fused-ring (bicyclic) bond motifs is 1. The molecule has 0 aromatic heterocycles. The average molecular weight is 283 g/mol. The molecule has 1 aliphatic rings. The first-order valence-corrected chi connectivity index (χ1v) is 9.44. The second-order valence-electron chi connectivity index (χ2n) is 5.10. The number of carbonyl (C=O) groups is 1. The molecule has 0 saturated heterocycles. The van der Waals surface area contributed by atoms with Crippen molar-refractivity contribution in [2.75, 3.05) is 11.7 Å². The molecule has 1 aromatic carbocycles. The van der Waals surface area contributed by atoms with Crippen LogP contribution in [0.5, 0.6) is 0 Å². The molecule has 0 saturated carbocycles. The van der Waals surface area contributed by atoms with Crippen LogP contribution in [-0.4, -0.2) is 27.0 Å². The van der Waals surface area contributed by atoms with Crippen molar-refractivity contribution in [2.24, 2.45) is 5.16 Å². The van der Waals surface area contributed by atoms with E-state index in [1.165, 1.54) is 7.11 Å². The first-order valence-electron chi connectivity index (χ1n) is 5.62. The minimum atomic E-state index is -1.82. The third-order valence-electron chi connectivity index (χ3n) is 2.71. The fraction of sp³-hybridized carbons (Fsp3) is 0.333. The van der Waals surface area contributed by atoms with Crippen molar-refractivity contribution < 1.29 is 9.63 Å². The van der Waals surface area contributed by atoms with Gasteiger partial charge in [0.25, 0.3) is 5.91 Å². The molecule has 1 heterocycles. The van der Waals surface area contributed by atoms with Crippen LogP contribution in [0.4, 0.5) is 5.69 Å². The van der Waals surface area contributed by atoms with Gasteiger partial charge in [-0.1, -0.05) is 36.4 Å². The van der Waals surface area contributed by atoms with Gasteiger partial charge in [0.05, 0.1) is 0 Å². The number of oxime groups is 1. The van der Waals surface area contributed by atoms with Crippen LogP contribution in [0.25, 0.3) is 0 Å². The molecule has 0 atom stereocenters. The lowest BCUT2D eigenvalue weighted by Gasteiger charge is -2.30. The second-order valence-corrected chi connectivity index (χ2v) is 10.3. The fourth-order valence-electron chi connectivity index (χ4n) is 2.07. The molecule has 0 radical (unpaired) electrons. The van der Waals surface area contributed by atoms with E-state index < -0.39 is 8.24 Å². The van der Waals surface area contributed by atoms with E-state index in [1.54, 1.807) is 12.1 Å². The Morgan fingerprint density at radius 1 is 1.33 bits per heavy atom. The number of anilines is 1. The molecule has 96 valence electrons. The predicted molar refractivity (Wildman–Crippen MR) is 75.8 cm³/mol. The Kier molecular flexibility index (Phi) is 3.21. The molecule has 2 rings (SSSR count). The monoisotopic (exact) mass is 282 g/mol.